The molecule has 0 saturated heterocycles. The van der Waals surface area contributed by atoms with Crippen LogP contribution in [0.25, 0.3) is 0 Å². The van der Waals surface area contributed by atoms with Gasteiger partial charge in [-0.2, -0.15) is 5.10 Å². The molecule has 0 aliphatic carbocycles. The van der Waals surface area contributed by atoms with Gasteiger partial charge < -0.3 is 10.3 Å². The Morgan fingerprint density at radius 3 is 2.74 bits per heavy atom. The van der Waals surface area contributed by atoms with Gasteiger partial charge in [0.25, 0.3) is 0 Å². The number of hydrogen-bond acceptors (Lipinski definition) is 2. The molecule has 104 valence electrons. The van der Waals surface area contributed by atoms with Gasteiger partial charge in [-0.05, 0) is 37.5 Å². The number of nitrogens with two attached hydrogens (primary N) is 1. The normalized spacial score (nSPS) is 13.2. The zero-order chi connectivity index (χ0) is 14.0. The van der Waals surface area contributed by atoms with E-state index in [2.05, 4.69) is 59.6 Å². The van der Waals surface area contributed by atoms with Crippen molar-refractivity contribution in [2.45, 2.75) is 46.8 Å². The van der Waals surface area contributed by atoms with E-state index in [1.807, 2.05) is 6.92 Å². The van der Waals surface area contributed by atoms with Gasteiger partial charge in [0.1, 0.15) is 0 Å². The topological polar surface area (TPSA) is 48.8 Å². The summed E-state index contributed by atoms with van der Waals surface area (Å²) in [6, 6.07) is 4.37. The maximum absolute atomic E-state index is 6.17. The number of hydrogen-bond donors (Lipinski definition) is 1. The molecule has 2 aromatic rings. The average molecular weight is 260 g/mol. The predicted octanol–water partition coefficient (Wildman–Crippen LogP) is 2.72. The molecule has 0 bridgehead atoms. The van der Waals surface area contributed by atoms with Crippen molar-refractivity contribution in [1.82, 2.24) is 14.3 Å². The van der Waals surface area contributed by atoms with E-state index in [4.69, 9.17) is 5.73 Å². The number of aryl methyl sites for hydroxylation is 2. The average Bonchev–Trinajstić information content (AvgIpc) is 2.95. The quantitative estimate of drug-likeness (QED) is 0.898. The van der Waals surface area contributed by atoms with Gasteiger partial charge in [0.15, 0.2) is 0 Å². The lowest BCUT2D eigenvalue weighted by Gasteiger charge is -2.13. The van der Waals surface area contributed by atoms with Crippen LogP contribution in [0.15, 0.2) is 24.5 Å². The van der Waals surface area contributed by atoms with Gasteiger partial charge in [-0.3, -0.25) is 4.68 Å². The van der Waals surface area contributed by atoms with Crippen LogP contribution in [0.5, 0.6) is 0 Å². The first kappa shape index (κ1) is 13.9. The van der Waals surface area contributed by atoms with Crippen LogP contribution < -0.4 is 5.73 Å². The second-order valence-electron chi connectivity index (χ2n) is 5.48. The molecule has 2 aromatic heterocycles. The fraction of sp³-hybridized carbons (Fsp3) is 0.533. The summed E-state index contributed by atoms with van der Waals surface area (Å²) in [7, 11) is 0. The van der Waals surface area contributed by atoms with Crippen molar-refractivity contribution in [3.8, 4) is 0 Å². The summed E-state index contributed by atoms with van der Waals surface area (Å²) in [5.74, 6) is 0.458. The summed E-state index contributed by atoms with van der Waals surface area (Å²) in [6.45, 7) is 10.2. The minimum atomic E-state index is 0.110. The van der Waals surface area contributed by atoms with E-state index in [1.165, 1.54) is 11.3 Å². The SMILES string of the molecule is CCn1nc(C)cc1Cn1ccc(C(N)C(C)C)c1. The minimum absolute atomic E-state index is 0.110. The summed E-state index contributed by atoms with van der Waals surface area (Å²) < 4.78 is 4.23. The van der Waals surface area contributed by atoms with Crippen LogP contribution in [0.4, 0.5) is 0 Å². The molecule has 0 spiro atoms. The van der Waals surface area contributed by atoms with Crippen LogP contribution in [0.3, 0.4) is 0 Å². The molecule has 19 heavy (non-hydrogen) atoms. The van der Waals surface area contributed by atoms with Gasteiger partial charge in [-0.25, -0.2) is 0 Å². The Morgan fingerprint density at radius 2 is 2.11 bits per heavy atom. The molecule has 0 amide bonds. The van der Waals surface area contributed by atoms with E-state index < -0.39 is 0 Å². The molecule has 4 heteroatoms. The lowest BCUT2D eigenvalue weighted by atomic mass is 10.00. The fourth-order valence-electron chi connectivity index (χ4n) is 2.33. The van der Waals surface area contributed by atoms with Crippen LogP contribution in [0.1, 0.15) is 43.8 Å². The van der Waals surface area contributed by atoms with Crippen LogP contribution in [0, 0.1) is 12.8 Å². The Labute approximate surface area is 115 Å². The lowest BCUT2D eigenvalue weighted by molar-refractivity contribution is 0.513. The molecular weight excluding hydrogens is 236 g/mol. The van der Waals surface area contributed by atoms with Gasteiger partial charge >= 0.3 is 0 Å². The molecule has 0 saturated carbocycles. The van der Waals surface area contributed by atoms with E-state index in [0.29, 0.717) is 5.92 Å². The Balaban J connectivity index is 2.15. The summed E-state index contributed by atoms with van der Waals surface area (Å²) in [6.07, 6.45) is 4.24. The van der Waals surface area contributed by atoms with Gasteiger partial charge in [0.05, 0.1) is 17.9 Å². The molecule has 4 nitrogen and oxygen atoms in total. The van der Waals surface area contributed by atoms with E-state index in [0.717, 1.165) is 18.8 Å². The van der Waals surface area contributed by atoms with Crippen molar-refractivity contribution >= 4 is 0 Å². The first-order valence-corrected chi connectivity index (χ1v) is 6.95. The number of nitrogens with zero attached hydrogens (tertiary/aromatic N) is 3. The third kappa shape index (κ3) is 3.07. The van der Waals surface area contributed by atoms with Crippen molar-refractivity contribution in [3.05, 3.63) is 41.5 Å². The molecule has 2 N–H and O–H groups in total. The molecule has 0 aliphatic heterocycles. The van der Waals surface area contributed by atoms with Gasteiger partial charge in [-0.15, -0.1) is 0 Å². The highest BCUT2D eigenvalue weighted by atomic mass is 15.3. The Hall–Kier alpha value is -1.55. The Bertz CT molecular complexity index is 536. The molecular formula is C15H24N4. The van der Waals surface area contributed by atoms with E-state index >= 15 is 0 Å². The molecule has 2 heterocycles. The van der Waals surface area contributed by atoms with Crippen LogP contribution in [0.2, 0.25) is 0 Å². The van der Waals surface area contributed by atoms with Crippen LogP contribution in [-0.4, -0.2) is 14.3 Å². The van der Waals surface area contributed by atoms with Crippen molar-refractivity contribution in [2.75, 3.05) is 0 Å². The smallest absolute Gasteiger partial charge is 0.0639 e. The molecule has 0 fully saturated rings. The van der Waals surface area contributed by atoms with Crippen molar-refractivity contribution in [1.29, 1.82) is 0 Å². The largest absolute Gasteiger partial charge is 0.348 e. The highest BCUT2D eigenvalue weighted by Crippen LogP contribution is 2.19. The second kappa shape index (κ2) is 5.61. The zero-order valence-corrected chi connectivity index (χ0v) is 12.3. The maximum Gasteiger partial charge on any atom is 0.0639 e. The van der Waals surface area contributed by atoms with Gasteiger partial charge in [0.2, 0.25) is 0 Å². The monoisotopic (exact) mass is 260 g/mol. The Kier molecular flexibility index (Phi) is 4.10. The highest BCUT2D eigenvalue weighted by molar-refractivity contribution is 5.17. The Morgan fingerprint density at radius 1 is 1.37 bits per heavy atom. The minimum Gasteiger partial charge on any atom is -0.348 e. The molecule has 1 atom stereocenters. The summed E-state index contributed by atoms with van der Waals surface area (Å²) in [4.78, 5) is 0. The predicted molar refractivity (Wildman–Crippen MR) is 77.9 cm³/mol. The number of rotatable bonds is 5. The molecule has 1 unspecified atom stereocenters. The lowest BCUT2D eigenvalue weighted by Crippen LogP contribution is -2.16. The third-order valence-corrected chi connectivity index (χ3v) is 3.51. The maximum atomic E-state index is 6.17. The molecule has 2 rings (SSSR count). The summed E-state index contributed by atoms with van der Waals surface area (Å²) in [5, 5.41) is 4.47. The molecule has 0 aromatic carbocycles. The van der Waals surface area contributed by atoms with Crippen LogP contribution >= 0.6 is 0 Å². The second-order valence-corrected chi connectivity index (χ2v) is 5.48. The number of aromatic nitrogens is 3. The van der Waals surface area contributed by atoms with Gasteiger partial charge in [-0.1, -0.05) is 13.8 Å². The van der Waals surface area contributed by atoms with E-state index in [-0.39, 0.29) is 6.04 Å². The zero-order valence-electron chi connectivity index (χ0n) is 12.3. The fourth-order valence-corrected chi connectivity index (χ4v) is 2.33. The summed E-state index contributed by atoms with van der Waals surface area (Å²) >= 11 is 0. The van der Waals surface area contributed by atoms with Crippen molar-refractivity contribution in [3.63, 3.8) is 0 Å². The third-order valence-electron chi connectivity index (χ3n) is 3.51. The van der Waals surface area contributed by atoms with Crippen molar-refractivity contribution in [2.24, 2.45) is 11.7 Å². The van der Waals surface area contributed by atoms with E-state index in [1.54, 1.807) is 0 Å². The first-order valence-electron chi connectivity index (χ1n) is 6.95. The van der Waals surface area contributed by atoms with Crippen LogP contribution in [-0.2, 0) is 13.1 Å². The first-order chi connectivity index (χ1) is 9.01. The van der Waals surface area contributed by atoms with Crippen molar-refractivity contribution < 1.29 is 0 Å². The molecule has 0 aliphatic rings. The standard InChI is InChI=1S/C15H24N4/c1-5-19-14(8-12(4)17-19)10-18-7-6-13(9-18)15(16)11(2)3/h6-9,11,15H,5,10,16H2,1-4H3. The van der Waals surface area contributed by atoms with Gasteiger partial charge in [0, 0.05) is 25.0 Å². The summed E-state index contributed by atoms with van der Waals surface area (Å²) in [5.41, 5.74) is 9.69. The molecule has 0 radical (unpaired) electrons. The highest BCUT2D eigenvalue weighted by Gasteiger charge is 2.12. The van der Waals surface area contributed by atoms with E-state index in [9.17, 15) is 0 Å².